The molecule has 0 fully saturated rings. The van der Waals surface area contributed by atoms with Gasteiger partial charge in [0, 0.05) is 37.4 Å². The van der Waals surface area contributed by atoms with E-state index in [4.69, 9.17) is 0 Å². The maximum absolute atomic E-state index is 4.33. The number of benzene rings is 2. The summed E-state index contributed by atoms with van der Waals surface area (Å²) in [6.45, 7) is 4.84. The minimum absolute atomic E-state index is 0. The Morgan fingerprint density at radius 2 is 1.79 bits per heavy atom. The van der Waals surface area contributed by atoms with Gasteiger partial charge in [-0.3, -0.25) is 9.89 Å². The first-order chi connectivity index (χ1) is 13.7. The Balaban J connectivity index is 0.00000300. The van der Waals surface area contributed by atoms with Crippen LogP contribution in [0, 0.1) is 0 Å². The van der Waals surface area contributed by atoms with Crippen LogP contribution in [0.5, 0.6) is 0 Å². The number of guanidine groups is 1. The fourth-order valence-corrected chi connectivity index (χ4v) is 3.28. The predicted molar refractivity (Wildman–Crippen MR) is 134 cm³/mol. The smallest absolute Gasteiger partial charge is 0.191 e. The lowest BCUT2D eigenvalue weighted by atomic mass is 10.1. The second kappa shape index (κ2) is 11.8. The zero-order valence-electron chi connectivity index (χ0n) is 17.5. The van der Waals surface area contributed by atoms with E-state index in [-0.39, 0.29) is 24.0 Å². The molecular weight excluding hydrogens is 473 g/mol. The molecule has 5 nitrogen and oxygen atoms in total. The number of hydrogen-bond acceptors (Lipinski definition) is 2. The Morgan fingerprint density at radius 1 is 1.07 bits per heavy atom. The molecule has 1 aromatic heterocycles. The molecular formula is C23H32IN5. The third-order valence-electron chi connectivity index (χ3n) is 5.14. The molecule has 2 aromatic carbocycles. The molecule has 0 aliphatic rings. The number of aliphatic imine (C=N–C) groups is 1. The number of rotatable bonds is 8. The van der Waals surface area contributed by atoms with Gasteiger partial charge in [-0.15, -0.1) is 24.0 Å². The number of aromatic nitrogens is 1. The number of fused-ring (bicyclic) bond motifs is 1. The van der Waals surface area contributed by atoms with E-state index in [1.54, 1.807) is 0 Å². The van der Waals surface area contributed by atoms with E-state index in [2.05, 4.69) is 94.1 Å². The van der Waals surface area contributed by atoms with Crippen molar-refractivity contribution < 1.29 is 0 Å². The van der Waals surface area contributed by atoms with Crippen molar-refractivity contribution in [1.82, 2.24) is 20.5 Å². The van der Waals surface area contributed by atoms with Crippen LogP contribution in [0.1, 0.15) is 24.6 Å². The maximum Gasteiger partial charge on any atom is 0.191 e. The van der Waals surface area contributed by atoms with Crippen LogP contribution in [-0.2, 0) is 13.1 Å². The summed E-state index contributed by atoms with van der Waals surface area (Å²) < 4.78 is 0. The van der Waals surface area contributed by atoms with E-state index < -0.39 is 0 Å². The quantitative estimate of drug-likeness (QED) is 0.242. The van der Waals surface area contributed by atoms with Gasteiger partial charge < -0.3 is 15.6 Å². The monoisotopic (exact) mass is 505 g/mol. The number of aromatic amines is 1. The highest BCUT2D eigenvalue weighted by Crippen LogP contribution is 2.14. The van der Waals surface area contributed by atoms with Gasteiger partial charge in [0.05, 0.1) is 6.54 Å². The van der Waals surface area contributed by atoms with Crippen LogP contribution in [0.15, 0.2) is 65.7 Å². The van der Waals surface area contributed by atoms with Crippen LogP contribution in [0.4, 0.5) is 0 Å². The number of hydrogen-bond donors (Lipinski definition) is 3. The molecule has 0 spiro atoms. The van der Waals surface area contributed by atoms with Crippen molar-refractivity contribution in [3.63, 3.8) is 0 Å². The first-order valence-electron chi connectivity index (χ1n) is 9.91. The summed E-state index contributed by atoms with van der Waals surface area (Å²) in [7, 11) is 3.99. The summed E-state index contributed by atoms with van der Waals surface area (Å²) in [6.07, 6.45) is 1.05. The summed E-state index contributed by atoms with van der Waals surface area (Å²) in [5.41, 5.74) is 3.67. The van der Waals surface area contributed by atoms with Gasteiger partial charge in [-0.2, -0.15) is 0 Å². The number of nitrogens with one attached hydrogen (secondary N) is 3. The van der Waals surface area contributed by atoms with Crippen molar-refractivity contribution in [3.05, 3.63) is 71.9 Å². The Bertz CT molecular complexity index is 857. The van der Waals surface area contributed by atoms with Crippen LogP contribution >= 0.6 is 24.0 Å². The van der Waals surface area contributed by atoms with Gasteiger partial charge >= 0.3 is 0 Å². The van der Waals surface area contributed by atoms with Crippen LogP contribution in [0.3, 0.4) is 0 Å². The van der Waals surface area contributed by atoms with Gasteiger partial charge in [-0.05, 0) is 43.5 Å². The zero-order valence-corrected chi connectivity index (χ0v) is 19.8. The highest BCUT2D eigenvalue weighted by atomic mass is 127. The van der Waals surface area contributed by atoms with Gasteiger partial charge in [0.15, 0.2) is 5.96 Å². The standard InChI is InChI=1S/C23H31N5.HI/c1-18(28(3)17-19-9-5-4-6-10-19)13-14-25-23(24-2)26-16-21-15-20-11-7-8-12-22(20)27-21;/h4-12,15,18,27H,13-14,16-17H2,1-3H3,(H2,24,25,26);1H. The van der Waals surface area contributed by atoms with Gasteiger partial charge in [0.25, 0.3) is 0 Å². The van der Waals surface area contributed by atoms with Crippen molar-refractivity contribution in [1.29, 1.82) is 0 Å². The Kier molecular flexibility index (Phi) is 9.47. The van der Waals surface area contributed by atoms with E-state index >= 15 is 0 Å². The fraction of sp³-hybridized carbons (Fsp3) is 0.348. The predicted octanol–water partition coefficient (Wildman–Crippen LogP) is 4.36. The summed E-state index contributed by atoms with van der Waals surface area (Å²) in [4.78, 5) is 10.2. The highest BCUT2D eigenvalue weighted by molar-refractivity contribution is 14.0. The molecule has 6 heteroatoms. The van der Waals surface area contributed by atoms with Crippen LogP contribution in [0.25, 0.3) is 10.9 Å². The molecule has 0 radical (unpaired) electrons. The zero-order chi connectivity index (χ0) is 19.8. The van der Waals surface area contributed by atoms with Crippen molar-refractivity contribution in [2.24, 2.45) is 4.99 Å². The Morgan fingerprint density at radius 3 is 2.52 bits per heavy atom. The van der Waals surface area contributed by atoms with Gasteiger partial charge in [-0.25, -0.2) is 0 Å². The summed E-state index contributed by atoms with van der Waals surface area (Å²) in [5.74, 6) is 0.830. The van der Waals surface area contributed by atoms with Gasteiger partial charge in [-0.1, -0.05) is 48.5 Å². The molecule has 3 aromatic rings. The Labute approximate surface area is 191 Å². The second-order valence-corrected chi connectivity index (χ2v) is 7.27. The minimum Gasteiger partial charge on any atom is -0.357 e. The SMILES string of the molecule is CN=C(NCCC(C)N(C)Cc1ccccc1)NCc1cc2ccccc2[nH]1.I. The number of halogens is 1. The molecule has 0 aliphatic heterocycles. The van der Waals surface area contributed by atoms with Crippen LogP contribution < -0.4 is 10.6 Å². The first kappa shape index (κ1) is 23.2. The molecule has 3 N–H and O–H groups in total. The average molecular weight is 505 g/mol. The maximum atomic E-state index is 4.33. The number of para-hydroxylation sites is 1. The van der Waals surface area contributed by atoms with Crippen molar-refractivity contribution in [2.45, 2.75) is 32.5 Å². The van der Waals surface area contributed by atoms with Crippen molar-refractivity contribution in [3.8, 4) is 0 Å². The number of H-pyrrole nitrogens is 1. The summed E-state index contributed by atoms with van der Waals surface area (Å²) in [5, 5.41) is 8.04. The summed E-state index contributed by atoms with van der Waals surface area (Å²) in [6, 6.07) is 21.6. The lowest BCUT2D eigenvalue weighted by molar-refractivity contribution is 0.238. The topological polar surface area (TPSA) is 55.5 Å². The van der Waals surface area contributed by atoms with E-state index in [1.807, 2.05) is 13.1 Å². The molecule has 0 aliphatic carbocycles. The van der Waals surface area contributed by atoms with E-state index in [9.17, 15) is 0 Å². The molecule has 1 atom stereocenters. The third-order valence-corrected chi connectivity index (χ3v) is 5.14. The third kappa shape index (κ3) is 7.04. The number of nitrogens with zero attached hydrogens (tertiary/aromatic N) is 2. The normalized spacial score (nSPS) is 12.6. The Hall–Kier alpha value is -2.06. The molecule has 0 saturated heterocycles. The molecule has 1 unspecified atom stereocenters. The van der Waals surface area contributed by atoms with Crippen LogP contribution in [-0.4, -0.2) is 42.5 Å². The largest absolute Gasteiger partial charge is 0.357 e. The average Bonchev–Trinajstić information content (AvgIpc) is 3.14. The second-order valence-electron chi connectivity index (χ2n) is 7.27. The molecule has 0 amide bonds. The highest BCUT2D eigenvalue weighted by Gasteiger charge is 2.10. The van der Waals surface area contributed by atoms with Crippen molar-refractivity contribution >= 4 is 40.8 Å². The van der Waals surface area contributed by atoms with E-state index in [0.717, 1.165) is 43.2 Å². The van der Waals surface area contributed by atoms with E-state index in [0.29, 0.717) is 6.04 Å². The fourth-order valence-electron chi connectivity index (χ4n) is 3.28. The van der Waals surface area contributed by atoms with Crippen molar-refractivity contribution in [2.75, 3.05) is 20.6 Å². The molecule has 1 heterocycles. The lowest BCUT2D eigenvalue weighted by Crippen LogP contribution is -2.39. The van der Waals surface area contributed by atoms with Crippen LogP contribution in [0.2, 0.25) is 0 Å². The van der Waals surface area contributed by atoms with Gasteiger partial charge in [0.1, 0.15) is 0 Å². The first-order valence-corrected chi connectivity index (χ1v) is 9.91. The lowest BCUT2D eigenvalue weighted by Gasteiger charge is -2.25. The molecule has 29 heavy (non-hydrogen) atoms. The summed E-state index contributed by atoms with van der Waals surface area (Å²) >= 11 is 0. The molecule has 156 valence electrons. The molecule has 0 bridgehead atoms. The molecule has 0 saturated carbocycles. The molecule has 3 rings (SSSR count). The van der Waals surface area contributed by atoms with Gasteiger partial charge in [0.2, 0.25) is 0 Å². The van der Waals surface area contributed by atoms with E-state index in [1.165, 1.54) is 10.9 Å². The minimum atomic E-state index is 0.